The van der Waals surface area contributed by atoms with Crippen molar-refractivity contribution in [1.82, 2.24) is 15.0 Å². The largest absolute Gasteiger partial charge is 0.461 e. The number of nitrogens with zero attached hydrogens (tertiary/aromatic N) is 3. The molecule has 1 aliphatic rings. The predicted octanol–water partition coefficient (Wildman–Crippen LogP) is 2.63. The summed E-state index contributed by atoms with van der Waals surface area (Å²) < 4.78 is 10.4. The van der Waals surface area contributed by atoms with Gasteiger partial charge in [-0.2, -0.15) is 0 Å². The first-order chi connectivity index (χ1) is 12.2. The van der Waals surface area contributed by atoms with Gasteiger partial charge in [0.2, 0.25) is 11.7 Å². The minimum atomic E-state index is -0.542. The van der Waals surface area contributed by atoms with Crippen molar-refractivity contribution in [3.63, 3.8) is 0 Å². The molecule has 1 fully saturated rings. The highest BCUT2D eigenvalue weighted by molar-refractivity contribution is 7.13. The van der Waals surface area contributed by atoms with Crippen molar-refractivity contribution in [2.75, 3.05) is 11.9 Å². The SMILES string of the molecule is O=C(Nc1nccs1)C1CCCN1C(=O)c1cc(-c2ccco2)on1. The Hall–Kier alpha value is -2.94. The summed E-state index contributed by atoms with van der Waals surface area (Å²) in [5.41, 5.74) is 0.153. The third kappa shape index (κ3) is 3.05. The molecule has 2 amide bonds. The van der Waals surface area contributed by atoms with Crippen LogP contribution in [-0.2, 0) is 4.79 Å². The number of hydrogen-bond acceptors (Lipinski definition) is 7. The first kappa shape index (κ1) is 15.6. The zero-order chi connectivity index (χ0) is 17.2. The lowest BCUT2D eigenvalue weighted by atomic mass is 10.2. The summed E-state index contributed by atoms with van der Waals surface area (Å²) in [5, 5.41) is 8.86. The monoisotopic (exact) mass is 358 g/mol. The molecule has 25 heavy (non-hydrogen) atoms. The molecule has 8 nitrogen and oxygen atoms in total. The van der Waals surface area contributed by atoms with Gasteiger partial charge in [0.25, 0.3) is 5.91 Å². The number of carbonyl (C=O) groups is 2. The van der Waals surface area contributed by atoms with E-state index in [2.05, 4.69) is 15.5 Å². The number of thiazole rings is 1. The van der Waals surface area contributed by atoms with Crippen molar-refractivity contribution in [2.45, 2.75) is 18.9 Å². The van der Waals surface area contributed by atoms with Gasteiger partial charge in [-0.1, -0.05) is 5.16 Å². The van der Waals surface area contributed by atoms with Crippen molar-refractivity contribution in [3.05, 3.63) is 41.7 Å². The molecule has 1 aliphatic heterocycles. The van der Waals surface area contributed by atoms with Crippen LogP contribution in [0.15, 0.2) is 45.0 Å². The quantitative estimate of drug-likeness (QED) is 0.769. The molecule has 0 saturated carbocycles. The van der Waals surface area contributed by atoms with Crippen LogP contribution < -0.4 is 5.32 Å². The van der Waals surface area contributed by atoms with Crippen LogP contribution in [0.2, 0.25) is 0 Å². The fraction of sp³-hybridized carbons (Fsp3) is 0.250. The molecule has 0 bridgehead atoms. The lowest BCUT2D eigenvalue weighted by Gasteiger charge is -2.22. The van der Waals surface area contributed by atoms with Gasteiger partial charge in [-0.05, 0) is 25.0 Å². The predicted molar refractivity (Wildman–Crippen MR) is 89.0 cm³/mol. The highest BCUT2D eigenvalue weighted by Crippen LogP contribution is 2.25. The highest BCUT2D eigenvalue weighted by atomic mass is 32.1. The standard InChI is InChI=1S/C16H14N4O4S/c21-14(18-16-17-5-8-25-16)11-3-1-6-20(11)15(22)10-9-13(24-19-10)12-4-2-7-23-12/h2,4-5,7-9,11H,1,3,6H2,(H,17,18,21). The number of amides is 2. The van der Waals surface area contributed by atoms with Crippen molar-refractivity contribution in [2.24, 2.45) is 0 Å². The molecule has 4 rings (SSSR count). The fourth-order valence-electron chi connectivity index (χ4n) is 2.81. The Morgan fingerprint density at radius 1 is 1.36 bits per heavy atom. The Kier molecular flexibility index (Phi) is 4.06. The molecule has 0 spiro atoms. The molecular formula is C16H14N4O4S. The van der Waals surface area contributed by atoms with Gasteiger partial charge in [-0.3, -0.25) is 9.59 Å². The summed E-state index contributed by atoms with van der Waals surface area (Å²) in [6.07, 6.45) is 4.48. The summed E-state index contributed by atoms with van der Waals surface area (Å²) in [7, 11) is 0. The van der Waals surface area contributed by atoms with Crippen LogP contribution in [0.4, 0.5) is 5.13 Å². The van der Waals surface area contributed by atoms with Crippen molar-refractivity contribution >= 4 is 28.3 Å². The first-order valence-electron chi connectivity index (χ1n) is 7.74. The summed E-state index contributed by atoms with van der Waals surface area (Å²) in [5.74, 6) is 0.288. The molecule has 0 radical (unpaired) electrons. The first-order valence-corrected chi connectivity index (χ1v) is 8.62. The van der Waals surface area contributed by atoms with Gasteiger partial charge in [0.15, 0.2) is 16.6 Å². The van der Waals surface area contributed by atoms with Gasteiger partial charge in [0, 0.05) is 24.2 Å². The summed E-state index contributed by atoms with van der Waals surface area (Å²) in [6, 6.07) is 4.42. The van der Waals surface area contributed by atoms with E-state index in [1.54, 1.807) is 23.7 Å². The maximum atomic E-state index is 12.7. The Labute approximate surface area is 146 Å². The molecule has 1 N–H and O–H groups in total. The molecule has 1 unspecified atom stereocenters. The van der Waals surface area contributed by atoms with Crippen LogP contribution in [0.3, 0.4) is 0 Å². The second kappa shape index (κ2) is 6.52. The number of carbonyl (C=O) groups excluding carboxylic acids is 2. The third-order valence-electron chi connectivity index (χ3n) is 3.97. The second-order valence-electron chi connectivity index (χ2n) is 5.54. The Morgan fingerprint density at radius 3 is 3.04 bits per heavy atom. The fourth-order valence-corrected chi connectivity index (χ4v) is 3.35. The lowest BCUT2D eigenvalue weighted by molar-refractivity contribution is -0.119. The van der Waals surface area contributed by atoms with Crippen LogP contribution in [0.25, 0.3) is 11.5 Å². The Morgan fingerprint density at radius 2 is 2.28 bits per heavy atom. The Balaban J connectivity index is 1.50. The summed E-state index contributed by atoms with van der Waals surface area (Å²) in [4.78, 5) is 30.7. The van der Waals surface area contributed by atoms with E-state index in [1.165, 1.54) is 28.6 Å². The molecule has 9 heteroatoms. The second-order valence-corrected chi connectivity index (χ2v) is 6.43. The van der Waals surface area contributed by atoms with Crippen molar-refractivity contribution in [1.29, 1.82) is 0 Å². The molecule has 4 heterocycles. The average molecular weight is 358 g/mol. The molecular weight excluding hydrogens is 344 g/mol. The molecule has 128 valence electrons. The minimum absolute atomic E-state index is 0.153. The number of furan rings is 1. The van der Waals surface area contributed by atoms with Crippen LogP contribution >= 0.6 is 11.3 Å². The van der Waals surface area contributed by atoms with E-state index >= 15 is 0 Å². The van der Waals surface area contributed by atoms with Gasteiger partial charge in [0.1, 0.15) is 6.04 Å². The zero-order valence-corrected chi connectivity index (χ0v) is 13.9. The third-order valence-corrected chi connectivity index (χ3v) is 4.66. The van der Waals surface area contributed by atoms with Gasteiger partial charge in [-0.15, -0.1) is 11.3 Å². The number of aromatic nitrogens is 2. The van der Waals surface area contributed by atoms with E-state index in [0.717, 1.165) is 6.42 Å². The lowest BCUT2D eigenvalue weighted by Crippen LogP contribution is -2.43. The number of likely N-dealkylation sites (tertiary alicyclic amines) is 1. The van der Waals surface area contributed by atoms with E-state index in [-0.39, 0.29) is 17.5 Å². The van der Waals surface area contributed by atoms with E-state index in [4.69, 9.17) is 8.94 Å². The smallest absolute Gasteiger partial charge is 0.276 e. The topological polar surface area (TPSA) is 101 Å². The number of nitrogens with one attached hydrogen (secondary N) is 1. The van der Waals surface area contributed by atoms with E-state index in [9.17, 15) is 9.59 Å². The van der Waals surface area contributed by atoms with Crippen molar-refractivity contribution in [3.8, 4) is 11.5 Å². The van der Waals surface area contributed by atoms with Crippen LogP contribution in [0.5, 0.6) is 0 Å². The van der Waals surface area contributed by atoms with Crippen LogP contribution in [0, 0.1) is 0 Å². The van der Waals surface area contributed by atoms with E-state index in [0.29, 0.717) is 29.6 Å². The maximum Gasteiger partial charge on any atom is 0.276 e. The normalized spacial score (nSPS) is 17.0. The molecule has 3 aromatic heterocycles. The summed E-state index contributed by atoms with van der Waals surface area (Å²) >= 11 is 1.33. The highest BCUT2D eigenvalue weighted by Gasteiger charge is 2.36. The molecule has 0 aliphatic carbocycles. The zero-order valence-electron chi connectivity index (χ0n) is 13.0. The van der Waals surface area contributed by atoms with Gasteiger partial charge >= 0.3 is 0 Å². The average Bonchev–Trinajstić information content (AvgIpc) is 3.41. The van der Waals surface area contributed by atoms with Crippen LogP contribution in [0.1, 0.15) is 23.3 Å². The molecule has 0 aromatic carbocycles. The minimum Gasteiger partial charge on any atom is -0.461 e. The van der Waals surface area contributed by atoms with Gasteiger partial charge in [0.05, 0.1) is 6.26 Å². The van der Waals surface area contributed by atoms with Gasteiger partial charge in [-0.25, -0.2) is 4.98 Å². The molecule has 1 saturated heterocycles. The van der Waals surface area contributed by atoms with E-state index < -0.39 is 6.04 Å². The van der Waals surface area contributed by atoms with E-state index in [1.807, 2.05) is 0 Å². The maximum absolute atomic E-state index is 12.7. The molecule has 1 atom stereocenters. The number of hydrogen-bond donors (Lipinski definition) is 1. The van der Waals surface area contributed by atoms with Gasteiger partial charge < -0.3 is 19.2 Å². The number of anilines is 1. The Bertz CT molecular complexity index is 872. The molecule has 3 aromatic rings. The van der Waals surface area contributed by atoms with Crippen LogP contribution in [-0.4, -0.2) is 39.4 Å². The van der Waals surface area contributed by atoms with Crippen molar-refractivity contribution < 1.29 is 18.5 Å². The number of rotatable bonds is 4. The summed E-state index contributed by atoms with van der Waals surface area (Å²) in [6.45, 7) is 0.498.